The molecule has 1 saturated carbocycles. The van der Waals surface area contributed by atoms with Crippen LogP contribution in [-0.2, 0) is 4.79 Å². The van der Waals surface area contributed by atoms with E-state index in [1.807, 2.05) is 0 Å². The number of aliphatic carboxylic acids is 1. The first-order valence-electron chi connectivity index (χ1n) is 5.37. The van der Waals surface area contributed by atoms with Crippen molar-refractivity contribution in [1.29, 1.82) is 0 Å². The lowest BCUT2D eigenvalue weighted by atomic mass is 10.3. The molecule has 0 radical (unpaired) electrons. The first-order valence-corrected chi connectivity index (χ1v) is 5.37. The van der Waals surface area contributed by atoms with Crippen molar-refractivity contribution in [2.75, 3.05) is 13.1 Å². The van der Waals surface area contributed by atoms with Gasteiger partial charge in [-0.15, -0.1) is 0 Å². The van der Waals surface area contributed by atoms with Crippen LogP contribution in [0.2, 0.25) is 0 Å². The molecule has 80 valence electrons. The molecule has 0 heterocycles. The number of unbranched alkanes of at least 4 members (excludes halogenated alkanes) is 1. The molecule has 0 saturated heterocycles. The van der Waals surface area contributed by atoms with Crippen LogP contribution in [0.5, 0.6) is 0 Å². The Labute approximate surface area is 85.4 Å². The predicted octanol–water partition coefficient (Wildman–Crippen LogP) is 1.89. The van der Waals surface area contributed by atoms with E-state index in [0.717, 1.165) is 19.1 Å². The largest absolute Gasteiger partial charge is 0.478 e. The van der Waals surface area contributed by atoms with E-state index < -0.39 is 5.97 Å². The van der Waals surface area contributed by atoms with Gasteiger partial charge in [0.25, 0.3) is 0 Å². The summed E-state index contributed by atoms with van der Waals surface area (Å²) < 4.78 is 0. The van der Waals surface area contributed by atoms with Gasteiger partial charge in [-0.3, -0.25) is 4.90 Å². The van der Waals surface area contributed by atoms with Crippen LogP contribution in [0.25, 0.3) is 0 Å². The first kappa shape index (κ1) is 11.2. The molecular weight excluding hydrogens is 178 g/mol. The van der Waals surface area contributed by atoms with Crippen molar-refractivity contribution in [1.82, 2.24) is 4.90 Å². The van der Waals surface area contributed by atoms with Crippen molar-refractivity contribution in [3.63, 3.8) is 0 Å². The lowest BCUT2D eigenvalue weighted by molar-refractivity contribution is -0.131. The van der Waals surface area contributed by atoms with E-state index in [0.29, 0.717) is 0 Å². The highest BCUT2D eigenvalue weighted by Crippen LogP contribution is 2.26. The van der Waals surface area contributed by atoms with Gasteiger partial charge < -0.3 is 5.11 Å². The van der Waals surface area contributed by atoms with Gasteiger partial charge in [-0.2, -0.15) is 0 Å². The van der Waals surface area contributed by atoms with E-state index in [4.69, 9.17) is 5.11 Å². The Kier molecular flexibility index (Phi) is 4.66. The van der Waals surface area contributed by atoms with E-state index in [9.17, 15) is 4.79 Å². The summed E-state index contributed by atoms with van der Waals surface area (Å²) >= 11 is 0. The van der Waals surface area contributed by atoms with Crippen LogP contribution in [0.3, 0.4) is 0 Å². The molecule has 0 amide bonds. The van der Waals surface area contributed by atoms with E-state index in [1.54, 1.807) is 6.08 Å². The van der Waals surface area contributed by atoms with Gasteiger partial charge in [0.05, 0.1) is 0 Å². The minimum Gasteiger partial charge on any atom is -0.478 e. The zero-order chi connectivity index (χ0) is 10.4. The summed E-state index contributed by atoms with van der Waals surface area (Å²) in [7, 11) is 0. The number of hydrogen-bond donors (Lipinski definition) is 1. The molecule has 3 heteroatoms. The minimum absolute atomic E-state index is 0.722. The molecule has 1 N–H and O–H groups in total. The maximum atomic E-state index is 10.3. The van der Waals surface area contributed by atoms with Crippen molar-refractivity contribution in [3.05, 3.63) is 12.2 Å². The van der Waals surface area contributed by atoms with E-state index >= 15 is 0 Å². The highest BCUT2D eigenvalue weighted by atomic mass is 16.4. The monoisotopic (exact) mass is 197 g/mol. The molecule has 1 aliphatic carbocycles. The zero-order valence-electron chi connectivity index (χ0n) is 8.78. The van der Waals surface area contributed by atoms with Crippen LogP contribution in [0.15, 0.2) is 12.2 Å². The quantitative estimate of drug-likeness (QED) is 0.634. The average molecular weight is 197 g/mol. The maximum Gasteiger partial charge on any atom is 0.328 e. The van der Waals surface area contributed by atoms with Crippen LogP contribution in [-0.4, -0.2) is 35.1 Å². The third-order valence-corrected chi connectivity index (χ3v) is 2.46. The van der Waals surface area contributed by atoms with Gasteiger partial charge >= 0.3 is 5.97 Å². The summed E-state index contributed by atoms with van der Waals surface area (Å²) in [4.78, 5) is 12.7. The molecule has 0 atom stereocenters. The van der Waals surface area contributed by atoms with E-state index in [-0.39, 0.29) is 0 Å². The standard InChI is InChI=1S/C11H19NO2/c1-2-3-8-12(10-6-7-10)9-4-5-11(13)14/h4-5,10H,2-3,6-9H2,1H3,(H,13,14). The Morgan fingerprint density at radius 3 is 2.79 bits per heavy atom. The molecule has 14 heavy (non-hydrogen) atoms. The third kappa shape index (κ3) is 4.42. The van der Waals surface area contributed by atoms with Gasteiger partial charge in [-0.05, 0) is 25.8 Å². The van der Waals surface area contributed by atoms with Crippen LogP contribution in [0, 0.1) is 0 Å². The van der Waals surface area contributed by atoms with Crippen molar-refractivity contribution in [3.8, 4) is 0 Å². The molecule has 3 nitrogen and oxygen atoms in total. The Morgan fingerprint density at radius 2 is 2.29 bits per heavy atom. The summed E-state index contributed by atoms with van der Waals surface area (Å²) in [5.41, 5.74) is 0. The van der Waals surface area contributed by atoms with Crippen molar-refractivity contribution in [2.24, 2.45) is 0 Å². The molecular formula is C11H19NO2. The Balaban J connectivity index is 2.24. The van der Waals surface area contributed by atoms with Gasteiger partial charge in [-0.1, -0.05) is 19.4 Å². The second-order valence-corrected chi connectivity index (χ2v) is 3.82. The lowest BCUT2D eigenvalue weighted by Gasteiger charge is -2.19. The third-order valence-electron chi connectivity index (χ3n) is 2.46. The summed E-state index contributed by atoms with van der Waals surface area (Å²) in [6.07, 6.45) is 7.95. The summed E-state index contributed by atoms with van der Waals surface area (Å²) in [5.74, 6) is -0.851. The molecule has 0 aromatic carbocycles. The topological polar surface area (TPSA) is 40.5 Å². The fourth-order valence-corrected chi connectivity index (χ4v) is 1.51. The maximum absolute atomic E-state index is 10.3. The Bertz CT molecular complexity index is 209. The summed E-state index contributed by atoms with van der Waals surface area (Å²) in [5, 5.41) is 8.45. The number of hydrogen-bond acceptors (Lipinski definition) is 2. The van der Waals surface area contributed by atoms with Crippen molar-refractivity contribution < 1.29 is 9.90 Å². The average Bonchev–Trinajstić information content (AvgIpc) is 2.93. The highest BCUT2D eigenvalue weighted by molar-refractivity contribution is 5.79. The SMILES string of the molecule is CCCCN(CC=CC(=O)O)C1CC1. The molecule has 0 unspecified atom stereocenters. The number of rotatable bonds is 7. The van der Waals surface area contributed by atoms with Crippen LogP contribution in [0.1, 0.15) is 32.6 Å². The second kappa shape index (κ2) is 5.81. The molecule has 0 spiro atoms. The molecule has 1 aliphatic rings. The fraction of sp³-hybridized carbons (Fsp3) is 0.727. The van der Waals surface area contributed by atoms with Crippen molar-refractivity contribution in [2.45, 2.75) is 38.6 Å². The fourth-order valence-electron chi connectivity index (χ4n) is 1.51. The molecule has 0 aromatic heterocycles. The van der Waals surface area contributed by atoms with Gasteiger partial charge in [0.1, 0.15) is 0 Å². The number of carboxylic acid groups (broad SMARTS) is 1. The smallest absolute Gasteiger partial charge is 0.328 e. The lowest BCUT2D eigenvalue weighted by Crippen LogP contribution is -2.27. The van der Waals surface area contributed by atoms with Crippen LogP contribution < -0.4 is 0 Å². The number of carbonyl (C=O) groups is 1. The highest BCUT2D eigenvalue weighted by Gasteiger charge is 2.27. The summed E-state index contributed by atoms with van der Waals surface area (Å²) in [6.45, 7) is 4.07. The Morgan fingerprint density at radius 1 is 1.57 bits per heavy atom. The van der Waals surface area contributed by atoms with Gasteiger partial charge in [0, 0.05) is 18.7 Å². The normalized spacial score (nSPS) is 16.7. The second-order valence-electron chi connectivity index (χ2n) is 3.82. The molecule has 1 rings (SSSR count). The van der Waals surface area contributed by atoms with Gasteiger partial charge in [0.15, 0.2) is 0 Å². The first-order chi connectivity index (χ1) is 6.74. The zero-order valence-corrected chi connectivity index (χ0v) is 8.78. The predicted molar refractivity (Wildman–Crippen MR) is 56.3 cm³/mol. The van der Waals surface area contributed by atoms with E-state index in [1.165, 1.54) is 31.8 Å². The molecule has 0 bridgehead atoms. The Hall–Kier alpha value is -0.830. The molecule has 0 aromatic rings. The molecule has 0 aliphatic heterocycles. The number of carboxylic acids is 1. The van der Waals surface area contributed by atoms with Gasteiger partial charge in [-0.25, -0.2) is 4.79 Å². The van der Waals surface area contributed by atoms with E-state index in [2.05, 4.69) is 11.8 Å². The summed E-state index contributed by atoms with van der Waals surface area (Å²) in [6, 6.07) is 0.722. The molecule has 1 fully saturated rings. The van der Waals surface area contributed by atoms with Crippen LogP contribution >= 0.6 is 0 Å². The van der Waals surface area contributed by atoms with Crippen LogP contribution in [0.4, 0.5) is 0 Å². The number of nitrogens with zero attached hydrogens (tertiary/aromatic N) is 1. The van der Waals surface area contributed by atoms with Crippen molar-refractivity contribution >= 4 is 5.97 Å². The van der Waals surface area contributed by atoms with Gasteiger partial charge in [0.2, 0.25) is 0 Å². The minimum atomic E-state index is -0.851.